The summed E-state index contributed by atoms with van der Waals surface area (Å²) in [5, 5.41) is 9.43. The number of hydrogen-bond acceptors (Lipinski definition) is 3. The van der Waals surface area contributed by atoms with Crippen LogP contribution in [-0.4, -0.2) is 27.9 Å². The molecule has 0 spiro atoms. The molecule has 91 valence electrons. The molecule has 1 aliphatic heterocycles. The number of nitrogens with zero attached hydrogens (tertiary/aromatic N) is 1. The molecule has 0 fully saturated rings. The number of rotatable bonds is 3. The minimum atomic E-state index is -0.879. The number of aryl methyl sites for hydroxylation is 1. The van der Waals surface area contributed by atoms with Crippen molar-refractivity contribution < 1.29 is 42.6 Å². The largest absolute Gasteiger partial charge is 0.480 e. The maximum atomic E-state index is 10.7. The van der Waals surface area contributed by atoms with Crippen LogP contribution >= 0.6 is 11.8 Å². The number of carbonyl (C=O) groups is 1. The van der Waals surface area contributed by atoms with Crippen LogP contribution in [0.2, 0.25) is 0 Å². The zero-order valence-electron chi connectivity index (χ0n) is 9.88. The monoisotopic (exact) mass is 334 g/mol. The summed E-state index contributed by atoms with van der Waals surface area (Å²) in [6, 6.07) is 8.30. The van der Waals surface area contributed by atoms with Gasteiger partial charge in [0.1, 0.15) is 0 Å². The van der Waals surface area contributed by atoms with Gasteiger partial charge < -0.3 is 16.7 Å². The molecule has 1 aromatic carbocycles. The van der Waals surface area contributed by atoms with E-state index in [1.54, 1.807) is 6.08 Å². The van der Waals surface area contributed by atoms with Crippen molar-refractivity contribution in [3.63, 3.8) is 0 Å². The van der Waals surface area contributed by atoms with Gasteiger partial charge in [-0.2, -0.15) is 12.1 Å². The second-order valence-corrected chi connectivity index (χ2v) is 4.72. The normalized spacial score (nSPS) is 18.5. The van der Waals surface area contributed by atoms with Gasteiger partial charge in [0.2, 0.25) is 0 Å². The van der Waals surface area contributed by atoms with E-state index in [2.05, 4.69) is 17.1 Å². The van der Waals surface area contributed by atoms with Gasteiger partial charge in [0, 0.05) is 38.5 Å². The van der Waals surface area contributed by atoms with Gasteiger partial charge in [-0.3, -0.25) is 11.1 Å². The van der Waals surface area contributed by atoms with E-state index in [9.17, 15) is 4.79 Å². The van der Waals surface area contributed by atoms with Gasteiger partial charge in [-0.15, -0.1) is 17.3 Å². The number of carboxylic acid groups (broad SMARTS) is 1. The summed E-state index contributed by atoms with van der Waals surface area (Å²) in [5.41, 5.74) is 2.07. The Balaban J connectivity index is 0.00000162. The summed E-state index contributed by atoms with van der Waals surface area (Å²) in [6.07, 6.45) is 4.77. The zero-order chi connectivity index (χ0) is 12.3. The number of thioether (sulfide) groups is 1. The van der Waals surface area contributed by atoms with E-state index in [4.69, 9.17) is 5.11 Å². The summed E-state index contributed by atoms with van der Waals surface area (Å²) in [6.45, 7) is 2.00. The number of aliphatic imine (C=N–C) groups is 1. The average Bonchev–Trinajstić information content (AvgIpc) is 2.77. The standard InChI is InChI=1S/C13H11NO2S.Y/c1-9-2-4-10(5-3-9)6-7-12-14-11(8-17-12)13(15)16;/h2-4,6,11H,8H2,1H3,(H,15,16);/q-2;. The number of carboxylic acids is 1. The molecule has 0 amide bonds. The summed E-state index contributed by atoms with van der Waals surface area (Å²) >= 11 is 1.41. The van der Waals surface area contributed by atoms with Crippen LogP contribution in [0.1, 0.15) is 11.1 Å². The van der Waals surface area contributed by atoms with E-state index < -0.39 is 12.0 Å². The van der Waals surface area contributed by atoms with Gasteiger partial charge >= 0.3 is 5.97 Å². The van der Waals surface area contributed by atoms with Crippen molar-refractivity contribution in [3.05, 3.63) is 41.5 Å². The predicted octanol–water partition coefficient (Wildman–Crippen LogP) is 2.21. The Labute approximate surface area is 136 Å². The van der Waals surface area contributed by atoms with Gasteiger partial charge in [0.25, 0.3) is 0 Å². The Bertz CT molecular complexity index is 482. The molecule has 3 nitrogen and oxygen atoms in total. The smallest absolute Gasteiger partial charge is 0.329 e. The molecule has 0 saturated carbocycles. The molecule has 1 aliphatic rings. The third-order valence-electron chi connectivity index (χ3n) is 2.28. The van der Waals surface area contributed by atoms with Gasteiger partial charge in [-0.05, 0) is 5.04 Å². The average molecular weight is 334 g/mol. The summed E-state index contributed by atoms with van der Waals surface area (Å²) in [4.78, 5) is 14.7. The van der Waals surface area contributed by atoms with Crippen LogP contribution in [-0.2, 0) is 37.5 Å². The van der Waals surface area contributed by atoms with Crippen molar-refractivity contribution in [1.82, 2.24) is 0 Å². The maximum absolute atomic E-state index is 10.7. The second kappa shape index (κ2) is 7.22. The molecule has 1 heterocycles. The van der Waals surface area contributed by atoms with Crippen molar-refractivity contribution in [2.75, 3.05) is 5.75 Å². The van der Waals surface area contributed by atoms with Crippen LogP contribution in [0, 0.1) is 19.1 Å². The van der Waals surface area contributed by atoms with Gasteiger partial charge in [0.15, 0.2) is 6.04 Å². The fourth-order valence-corrected chi connectivity index (χ4v) is 2.20. The topological polar surface area (TPSA) is 49.7 Å². The molecule has 1 aromatic rings. The summed E-state index contributed by atoms with van der Waals surface area (Å²) < 4.78 is 0. The fraction of sp³-hybridized carbons (Fsp3) is 0.231. The molecular formula is C13H11NO2SY-2. The molecule has 1 N–H and O–H groups in total. The van der Waals surface area contributed by atoms with Crippen LogP contribution in [0.3, 0.4) is 0 Å². The first-order chi connectivity index (χ1) is 8.15. The Morgan fingerprint density at radius 1 is 1.67 bits per heavy atom. The molecular weight excluding hydrogens is 323 g/mol. The van der Waals surface area contributed by atoms with Gasteiger partial charge in [-0.1, -0.05) is 6.92 Å². The van der Waals surface area contributed by atoms with E-state index in [0.29, 0.717) is 10.8 Å². The van der Waals surface area contributed by atoms with Crippen LogP contribution in [0.4, 0.5) is 0 Å². The summed E-state index contributed by atoms with van der Waals surface area (Å²) in [7, 11) is 0. The first-order valence-electron chi connectivity index (χ1n) is 5.16. The minimum absolute atomic E-state index is 0. The predicted molar refractivity (Wildman–Crippen MR) is 69.0 cm³/mol. The molecule has 1 unspecified atom stereocenters. The summed E-state index contributed by atoms with van der Waals surface area (Å²) in [5.74, 6) is -0.389. The van der Waals surface area contributed by atoms with Gasteiger partial charge in [-0.25, -0.2) is 16.9 Å². The fourth-order valence-electron chi connectivity index (χ4n) is 1.32. The maximum Gasteiger partial charge on any atom is 0.329 e. The molecule has 1 radical (unpaired) electrons. The number of aliphatic carboxylic acids is 1. The van der Waals surface area contributed by atoms with Crippen molar-refractivity contribution in [2.45, 2.75) is 13.0 Å². The minimum Gasteiger partial charge on any atom is -0.480 e. The van der Waals surface area contributed by atoms with E-state index in [1.165, 1.54) is 11.8 Å². The Hall–Kier alpha value is -0.446. The van der Waals surface area contributed by atoms with E-state index in [-0.39, 0.29) is 32.7 Å². The number of hydrogen-bond donors (Lipinski definition) is 1. The van der Waals surface area contributed by atoms with Crippen LogP contribution in [0.5, 0.6) is 0 Å². The van der Waals surface area contributed by atoms with Crippen molar-refractivity contribution in [1.29, 1.82) is 0 Å². The molecule has 0 aliphatic carbocycles. The van der Waals surface area contributed by atoms with E-state index in [1.807, 2.05) is 25.1 Å². The molecule has 5 heteroatoms. The Morgan fingerprint density at radius 3 is 3.00 bits per heavy atom. The second-order valence-electron chi connectivity index (χ2n) is 3.71. The van der Waals surface area contributed by atoms with Gasteiger partial charge in [0.05, 0.1) is 0 Å². The van der Waals surface area contributed by atoms with E-state index in [0.717, 1.165) is 11.1 Å². The number of benzene rings is 1. The Morgan fingerprint density at radius 2 is 2.44 bits per heavy atom. The molecule has 2 rings (SSSR count). The first kappa shape index (κ1) is 15.6. The molecule has 18 heavy (non-hydrogen) atoms. The third-order valence-corrected chi connectivity index (χ3v) is 3.26. The molecule has 0 saturated heterocycles. The van der Waals surface area contributed by atoms with Crippen molar-refractivity contribution in [3.8, 4) is 0 Å². The zero-order valence-corrected chi connectivity index (χ0v) is 13.5. The first-order valence-corrected chi connectivity index (χ1v) is 6.15. The van der Waals surface area contributed by atoms with Crippen LogP contribution in [0.25, 0.3) is 6.08 Å². The van der Waals surface area contributed by atoms with Crippen molar-refractivity contribution >= 4 is 28.9 Å². The molecule has 1 atom stereocenters. The SMILES string of the molecule is Cc1c[c-]c(C=[C-]C2=NC(C(=O)O)CS2)cc1.[Y]. The molecule has 0 aromatic heterocycles. The molecule has 0 bridgehead atoms. The third kappa shape index (κ3) is 4.34. The Kier molecular flexibility index (Phi) is 6.26. The van der Waals surface area contributed by atoms with Crippen LogP contribution in [0.15, 0.2) is 23.2 Å². The quantitative estimate of drug-likeness (QED) is 0.863. The van der Waals surface area contributed by atoms with E-state index >= 15 is 0 Å². The van der Waals surface area contributed by atoms with Crippen LogP contribution < -0.4 is 0 Å². The van der Waals surface area contributed by atoms with Crippen molar-refractivity contribution in [2.24, 2.45) is 4.99 Å².